The largest absolute Gasteiger partial charge is 0.344 e. The fourth-order valence-electron chi connectivity index (χ4n) is 1.39. The van der Waals surface area contributed by atoms with E-state index in [9.17, 15) is 4.79 Å². The highest BCUT2D eigenvalue weighted by Gasteiger charge is 2.17. The summed E-state index contributed by atoms with van der Waals surface area (Å²) in [6, 6.07) is 11.5. The van der Waals surface area contributed by atoms with Gasteiger partial charge in [-0.15, -0.1) is 5.92 Å². The average Bonchev–Trinajstić information content (AvgIpc) is 2.37. The first kappa shape index (κ1) is 12.8. The van der Waals surface area contributed by atoms with E-state index in [1.807, 2.05) is 36.4 Å². The van der Waals surface area contributed by atoms with Crippen molar-refractivity contribution < 1.29 is 4.79 Å². The molecule has 17 heavy (non-hydrogen) atoms. The zero-order chi connectivity index (χ0) is 12.5. The Labute approximate surface area is 101 Å². The normalized spacial score (nSPS) is 10.6. The van der Waals surface area contributed by atoms with E-state index < -0.39 is 5.92 Å². The van der Waals surface area contributed by atoms with Gasteiger partial charge in [-0.1, -0.05) is 36.3 Å². The molecule has 0 heterocycles. The van der Waals surface area contributed by atoms with Crippen LogP contribution < -0.4 is 5.32 Å². The zero-order valence-electron chi connectivity index (χ0n) is 9.73. The second-order valence-electron chi connectivity index (χ2n) is 3.52. The Bertz CT molecular complexity index is 462. The lowest BCUT2D eigenvalue weighted by molar-refractivity contribution is -0.123. The number of hydrogen-bond donors (Lipinski definition) is 1. The van der Waals surface area contributed by atoms with Crippen LogP contribution in [0.1, 0.15) is 12.5 Å². The molecule has 3 nitrogen and oxygen atoms in total. The summed E-state index contributed by atoms with van der Waals surface area (Å²) in [4.78, 5) is 11.7. The third-order valence-electron chi connectivity index (χ3n) is 2.28. The van der Waals surface area contributed by atoms with Gasteiger partial charge in [0.2, 0.25) is 5.91 Å². The Balaban J connectivity index is 2.56. The highest BCUT2D eigenvalue weighted by molar-refractivity contribution is 5.81. The molecule has 1 unspecified atom stereocenters. The minimum absolute atomic E-state index is 0.265. The molecule has 1 amide bonds. The highest BCUT2D eigenvalue weighted by atomic mass is 16.1. The molecule has 0 saturated heterocycles. The van der Waals surface area contributed by atoms with Crippen molar-refractivity contribution in [1.82, 2.24) is 5.32 Å². The zero-order valence-corrected chi connectivity index (χ0v) is 9.73. The molecule has 0 bridgehead atoms. The first-order chi connectivity index (χ1) is 8.27. The van der Waals surface area contributed by atoms with Crippen LogP contribution >= 0.6 is 0 Å². The Kier molecular flexibility index (Phi) is 5.34. The van der Waals surface area contributed by atoms with Gasteiger partial charge in [0, 0.05) is 0 Å². The molecule has 0 aliphatic rings. The molecule has 1 rings (SSSR count). The van der Waals surface area contributed by atoms with Crippen molar-refractivity contribution in [2.45, 2.75) is 13.3 Å². The summed E-state index contributed by atoms with van der Waals surface area (Å²) in [6.07, 6.45) is 0.433. The van der Waals surface area contributed by atoms with Gasteiger partial charge in [-0.3, -0.25) is 4.79 Å². The summed E-state index contributed by atoms with van der Waals surface area (Å²) >= 11 is 0. The molecule has 0 aromatic heterocycles. The van der Waals surface area contributed by atoms with Crippen molar-refractivity contribution >= 4 is 5.91 Å². The van der Waals surface area contributed by atoms with Gasteiger partial charge in [0.25, 0.3) is 0 Å². The van der Waals surface area contributed by atoms with Crippen molar-refractivity contribution in [2.24, 2.45) is 5.92 Å². The van der Waals surface area contributed by atoms with E-state index in [2.05, 4.69) is 17.2 Å². The smallest absolute Gasteiger partial charge is 0.238 e. The van der Waals surface area contributed by atoms with Crippen LogP contribution in [0.3, 0.4) is 0 Å². The molecule has 1 atom stereocenters. The van der Waals surface area contributed by atoms with E-state index in [0.29, 0.717) is 13.0 Å². The third-order valence-corrected chi connectivity index (χ3v) is 2.28. The van der Waals surface area contributed by atoms with Crippen molar-refractivity contribution in [3.8, 4) is 17.9 Å². The monoisotopic (exact) mass is 226 g/mol. The SMILES string of the molecule is CC#CCNC(=O)C(C#N)Cc1ccccc1. The van der Waals surface area contributed by atoms with Crippen LogP contribution in [0.15, 0.2) is 30.3 Å². The lowest BCUT2D eigenvalue weighted by Gasteiger charge is -2.08. The first-order valence-electron chi connectivity index (χ1n) is 5.38. The van der Waals surface area contributed by atoms with Gasteiger partial charge in [-0.05, 0) is 18.9 Å². The van der Waals surface area contributed by atoms with Crippen LogP contribution in [0, 0.1) is 29.1 Å². The van der Waals surface area contributed by atoms with Crippen molar-refractivity contribution in [3.05, 3.63) is 35.9 Å². The van der Waals surface area contributed by atoms with E-state index in [4.69, 9.17) is 5.26 Å². The summed E-state index contributed by atoms with van der Waals surface area (Å²) in [5.74, 6) is 4.49. The number of rotatable bonds is 4. The first-order valence-corrected chi connectivity index (χ1v) is 5.38. The van der Waals surface area contributed by atoms with E-state index in [1.54, 1.807) is 6.92 Å². The van der Waals surface area contributed by atoms with Gasteiger partial charge in [-0.2, -0.15) is 5.26 Å². The number of benzene rings is 1. The molecule has 0 aliphatic heterocycles. The molecule has 0 saturated carbocycles. The van der Waals surface area contributed by atoms with Gasteiger partial charge in [0.05, 0.1) is 12.6 Å². The molecule has 0 spiro atoms. The third kappa shape index (κ3) is 4.40. The Morgan fingerprint density at radius 2 is 2.12 bits per heavy atom. The van der Waals surface area contributed by atoms with Gasteiger partial charge in [0.1, 0.15) is 5.92 Å². The minimum Gasteiger partial charge on any atom is -0.344 e. The fraction of sp³-hybridized carbons (Fsp3) is 0.286. The molecule has 1 aromatic carbocycles. The number of nitriles is 1. The van der Waals surface area contributed by atoms with Crippen LogP contribution in [0.5, 0.6) is 0 Å². The van der Waals surface area contributed by atoms with Crippen LogP contribution in [0.4, 0.5) is 0 Å². The van der Waals surface area contributed by atoms with Crippen LogP contribution in [0.25, 0.3) is 0 Å². The maximum atomic E-state index is 11.7. The fourth-order valence-corrected chi connectivity index (χ4v) is 1.39. The van der Waals surface area contributed by atoms with Gasteiger partial charge >= 0.3 is 0 Å². The second kappa shape index (κ2) is 7.09. The predicted octanol–water partition coefficient (Wildman–Crippen LogP) is 1.51. The van der Waals surface area contributed by atoms with E-state index in [1.165, 1.54) is 0 Å². The maximum absolute atomic E-state index is 11.7. The molecule has 3 heteroatoms. The van der Waals surface area contributed by atoms with Crippen molar-refractivity contribution in [3.63, 3.8) is 0 Å². The summed E-state index contributed by atoms with van der Waals surface area (Å²) < 4.78 is 0. The Morgan fingerprint density at radius 1 is 1.41 bits per heavy atom. The minimum atomic E-state index is -0.656. The van der Waals surface area contributed by atoms with E-state index in [-0.39, 0.29) is 5.91 Å². The van der Waals surface area contributed by atoms with Crippen molar-refractivity contribution in [2.75, 3.05) is 6.54 Å². The number of nitrogens with zero attached hydrogens (tertiary/aromatic N) is 1. The average molecular weight is 226 g/mol. The summed E-state index contributed by atoms with van der Waals surface area (Å²) in [5, 5.41) is 11.6. The number of hydrogen-bond acceptors (Lipinski definition) is 2. The number of carbonyl (C=O) groups is 1. The second-order valence-corrected chi connectivity index (χ2v) is 3.52. The van der Waals surface area contributed by atoms with Crippen molar-refractivity contribution in [1.29, 1.82) is 5.26 Å². The summed E-state index contributed by atoms with van der Waals surface area (Å²) in [7, 11) is 0. The Hall–Kier alpha value is -2.26. The van der Waals surface area contributed by atoms with Gasteiger partial charge in [0.15, 0.2) is 0 Å². The number of carbonyl (C=O) groups excluding carboxylic acids is 1. The lowest BCUT2D eigenvalue weighted by atomic mass is 10.00. The molecule has 0 radical (unpaired) electrons. The molecular formula is C14H14N2O. The van der Waals surface area contributed by atoms with E-state index >= 15 is 0 Å². The predicted molar refractivity (Wildman–Crippen MR) is 65.7 cm³/mol. The highest BCUT2D eigenvalue weighted by Crippen LogP contribution is 2.07. The summed E-state index contributed by atoms with van der Waals surface area (Å²) in [5.41, 5.74) is 0.982. The topological polar surface area (TPSA) is 52.9 Å². The lowest BCUT2D eigenvalue weighted by Crippen LogP contribution is -2.31. The van der Waals surface area contributed by atoms with E-state index in [0.717, 1.165) is 5.56 Å². The van der Waals surface area contributed by atoms with Crippen LogP contribution in [-0.4, -0.2) is 12.5 Å². The molecule has 0 fully saturated rings. The molecule has 0 aliphatic carbocycles. The molecule has 1 N–H and O–H groups in total. The quantitative estimate of drug-likeness (QED) is 0.791. The number of nitrogens with one attached hydrogen (secondary N) is 1. The van der Waals surface area contributed by atoms with Crippen LogP contribution in [0.2, 0.25) is 0 Å². The molecule has 86 valence electrons. The number of amides is 1. The summed E-state index contributed by atoms with van der Waals surface area (Å²) in [6.45, 7) is 2.00. The molecule has 1 aromatic rings. The molecular weight excluding hydrogens is 212 g/mol. The van der Waals surface area contributed by atoms with Gasteiger partial charge in [-0.25, -0.2) is 0 Å². The maximum Gasteiger partial charge on any atom is 0.238 e. The standard InChI is InChI=1S/C14H14N2O/c1-2-3-9-16-14(17)13(11-15)10-12-7-5-4-6-8-12/h4-8,13H,9-10H2,1H3,(H,16,17). The van der Waals surface area contributed by atoms with Crippen LogP contribution in [-0.2, 0) is 11.2 Å². The Morgan fingerprint density at radius 3 is 2.71 bits per heavy atom. The van der Waals surface area contributed by atoms with Gasteiger partial charge < -0.3 is 5.32 Å².